The van der Waals surface area contributed by atoms with E-state index in [0.29, 0.717) is 24.9 Å². The van der Waals surface area contributed by atoms with Crippen molar-refractivity contribution in [2.45, 2.75) is 70.1 Å². The maximum Gasteiger partial charge on any atom is 0.166 e. The minimum atomic E-state index is -1.19. The molecule has 1 aliphatic carbocycles. The molecule has 1 heterocycles. The van der Waals surface area contributed by atoms with Crippen LogP contribution < -0.4 is 4.74 Å². The molecular formula is C29H34F4O2. The third kappa shape index (κ3) is 6.27. The molecule has 0 amide bonds. The smallest absolute Gasteiger partial charge is 0.166 e. The van der Waals surface area contributed by atoms with Crippen LogP contribution in [0.4, 0.5) is 17.6 Å². The van der Waals surface area contributed by atoms with E-state index in [1.54, 1.807) is 6.07 Å². The molecule has 35 heavy (non-hydrogen) atoms. The largest absolute Gasteiger partial charge is 0.487 e. The molecule has 4 rings (SSSR count). The zero-order chi connectivity index (χ0) is 24.9. The normalized spacial score (nSPS) is 25.7. The molecule has 0 spiro atoms. The number of rotatable bonds is 8. The van der Waals surface area contributed by atoms with E-state index in [0.717, 1.165) is 44.6 Å². The van der Waals surface area contributed by atoms with Crippen molar-refractivity contribution in [3.63, 3.8) is 0 Å². The van der Waals surface area contributed by atoms with E-state index in [1.165, 1.54) is 18.2 Å². The molecule has 2 aromatic rings. The predicted octanol–water partition coefficient (Wildman–Crippen LogP) is 8.15. The summed E-state index contributed by atoms with van der Waals surface area (Å²) in [4.78, 5) is 0. The maximum absolute atomic E-state index is 14.9. The lowest BCUT2D eigenvalue weighted by atomic mass is 9.80. The van der Waals surface area contributed by atoms with Crippen LogP contribution >= 0.6 is 0 Å². The van der Waals surface area contributed by atoms with Gasteiger partial charge < -0.3 is 9.47 Å². The van der Waals surface area contributed by atoms with Gasteiger partial charge in [-0.1, -0.05) is 24.3 Å². The van der Waals surface area contributed by atoms with Gasteiger partial charge in [-0.2, -0.15) is 0 Å². The van der Waals surface area contributed by atoms with Gasteiger partial charge in [0.2, 0.25) is 0 Å². The summed E-state index contributed by atoms with van der Waals surface area (Å²) < 4.78 is 69.9. The highest BCUT2D eigenvalue weighted by atomic mass is 19.2. The van der Waals surface area contributed by atoms with Crippen LogP contribution in [0.1, 0.15) is 63.4 Å². The van der Waals surface area contributed by atoms with Crippen molar-refractivity contribution in [1.82, 2.24) is 0 Å². The van der Waals surface area contributed by atoms with E-state index in [2.05, 4.69) is 6.58 Å². The van der Waals surface area contributed by atoms with E-state index in [-0.39, 0.29) is 41.1 Å². The first-order valence-corrected chi connectivity index (χ1v) is 12.6. The molecule has 1 saturated carbocycles. The minimum Gasteiger partial charge on any atom is -0.487 e. The second kappa shape index (κ2) is 11.6. The van der Waals surface area contributed by atoms with Gasteiger partial charge in [0, 0.05) is 11.5 Å². The van der Waals surface area contributed by atoms with Crippen molar-refractivity contribution in [3.05, 3.63) is 66.0 Å². The van der Waals surface area contributed by atoms with Crippen LogP contribution in [0.3, 0.4) is 0 Å². The van der Waals surface area contributed by atoms with Crippen LogP contribution in [0.5, 0.6) is 5.75 Å². The number of ether oxygens (including phenoxy) is 2. The molecular weight excluding hydrogens is 456 g/mol. The molecule has 3 atom stereocenters. The summed E-state index contributed by atoms with van der Waals surface area (Å²) in [7, 11) is 0. The Morgan fingerprint density at radius 2 is 1.80 bits per heavy atom. The average Bonchev–Trinajstić information content (AvgIpc) is 2.86. The Morgan fingerprint density at radius 3 is 2.46 bits per heavy atom. The Bertz CT molecular complexity index is 1010. The molecule has 2 nitrogen and oxygen atoms in total. The fourth-order valence-electron chi connectivity index (χ4n) is 5.29. The monoisotopic (exact) mass is 490 g/mol. The standard InChI is InChI=1S/C29H34F4O2/c1-3-19-5-7-20(8-6-19)14-23(30)17-35-27-13-10-21(15-26(27)31)24-11-12-25(29(33)28(24)32)22-9-4-18(2)34-16-22/h3,10-13,15,18-20,22-23H,1,4-9,14,16-17H2,2H3. The molecule has 3 unspecified atom stereocenters. The quantitative estimate of drug-likeness (QED) is 0.275. The second-order valence-electron chi connectivity index (χ2n) is 10.1. The fourth-order valence-corrected chi connectivity index (χ4v) is 5.29. The Kier molecular flexibility index (Phi) is 8.53. The molecule has 2 fully saturated rings. The Labute approximate surface area is 205 Å². The molecule has 1 aliphatic heterocycles. The molecule has 0 bridgehead atoms. The highest BCUT2D eigenvalue weighted by molar-refractivity contribution is 5.66. The highest BCUT2D eigenvalue weighted by Gasteiger charge is 2.26. The average molecular weight is 491 g/mol. The molecule has 0 aromatic heterocycles. The van der Waals surface area contributed by atoms with Crippen molar-refractivity contribution in [2.24, 2.45) is 11.8 Å². The second-order valence-corrected chi connectivity index (χ2v) is 10.1. The van der Waals surface area contributed by atoms with Crippen molar-refractivity contribution >= 4 is 0 Å². The van der Waals surface area contributed by atoms with Gasteiger partial charge in [-0.25, -0.2) is 17.6 Å². The number of benzene rings is 2. The van der Waals surface area contributed by atoms with E-state index >= 15 is 0 Å². The molecule has 6 heteroatoms. The lowest BCUT2D eigenvalue weighted by Gasteiger charge is -2.27. The number of allylic oxidation sites excluding steroid dienone is 1. The molecule has 1 saturated heterocycles. The van der Waals surface area contributed by atoms with E-state index in [9.17, 15) is 17.6 Å². The highest BCUT2D eigenvalue weighted by Crippen LogP contribution is 2.36. The maximum atomic E-state index is 14.9. The van der Waals surface area contributed by atoms with Gasteiger partial charge in [0.15, 0.2) is 23.2 Å². The third-order valence-electron chi connectivity index (χ3n) is 7.53. The van der Waals surface area contributed by atoms with Gasteiger partial charge in [-0.3, -0.25) is 0 Å². The number of alkyl halides is 1. The molecule has 0 radical (unpaired) electrons. The lowest BCUT2D eigenvalue weighted by molar-refractivity contribution is 0.0147. The van der Waals surface area contributed by atoms with Crippen molar-refractivity contribution in [1.29, 1.82) is 0 Å². The first-order chi connectivity index (χ1) is 16.9. The number of hydrogen-bond donors (Lipinski definition) is 0. The minimum absolute atomic E-state index is 0.0275. The summed E-state index contributed by atoms with van der Waals surface area (Å²) in [5.74, 6) is -2.14. The van der Waals surface area contributed by atoms with Crippen LogP contribution in [-0.4, -0.2) is 25.5 Å². The molecule has 0 N–H and O–H groups in total. The molecule has 190 valence electrons. The third-order valence-corrected chi connectivity index (χ3v) is 7.53. The molecule has 2 aliphatic rings. The number of hydrogen-bond acceptors (Lipinski definition) is 2. The van der Waals surface area contributed by atoms with E-state index < -0.39 is 23.6 Å². The fraction of sp³-hybridized carbons (Fsp3) is 0.517. The van der Waals surface area contributed by atoms with Crippen LogP contribution in [0.15, 0.2) is 43.0 Å². The van der Waals surface area contributed by atoms with Gasteiger partial charge >= 0.3 is 0 Å². The van der Waals surface area contributed by atoms with Crippen LogP contribution in [0, 0.1) is 29.3 Å². The summed E-state index contributed by atoms with van der Waals surface area (Å²) >= 11 is 0. The van der Waals surface area contributed by atoms with Gasteiger partial charge in [0.05, 0.1) is 12.7 Å². The Balaban J connectivity index is 1.37. The van der Waals surface area contributed by atoms with Crippen molar-refractivity contribution in [2.75, 3.05) is 13.2 Å². The Morgan fingerprint density at radius 1 is 1.03 bits per heavy atom. The summed E-state index contributed by atoms with van der Waals surface area (Å²) in [6, 6.07) is 6.93. The van der Waals surface area contributed by atoms with Gasteiger partial charge in [-0.05, 0) is 87.0 Å². The van der Waals surface area contributed by atoms with Crippen molar-refractivity contribution < 1.29 is 27.0 Å². The summed E-state index contributed by atoms with van der Waals surface area (Å²) in [5, 5.41) is 0. The van der Waals surface area contributed by atoms with Gasteiger partial charge in [-0.15, -0.1) is 6.58 Å². The van der Waals surface area contributed by atoms with Gasteiger partial charge in [0.25, 0.3) is 0 Å². The van der Waals surface area contributed by atoms with Crippen LogP contribution in [0.2, 0.25) is 0 Å². The summed E-state index contributed by atoms with van der Waals surface area (Å²) in [5.41, 5.74) is 0.452. The first kappa shape index (κ1) is 25.7. The summed E-state index contributed by atoms with van der Waals surface area (Å²) in [6.07, 6.45) is 6.80. The first-order valence-electron chi connectivity index (χ1n) is 12.6. The SMILES string of the molecule is C=CC1CCC(CC(F)COc2ccc(-c3ccc(C4CCC(C)OC4)c(F)c3F)cc2F)CC1. The van der Waals surface area contributed by atoms with E-state index in [1.807, 2.05) is 13.0 Å². The van der Waals surface area contributed by atoms with Crippen LogP contribution in [0.25, 0.3) is 11.1 Å². The Hall–Kier alpha value is -2.34. The lowest BCUT2D eigenvalue weighted by Crippen LogP contribution is -2.23. The van der Waals surface area contributed by atoms with Gasteiger partial charge in [0.1, 0.15) is 12.8 Å². The van der Waals surface area contributed by atoms with E-state index in [4.69, 9.17) is 9.47 Å². The van der Waals surface area contributed by atoms with Crippen molar-refractivity contribution in [3.8, 4) is 16.9 Å². The topological polar surface area (TPSA) is 18.5 Å². The predicted molar refractivity (Wildman–Crippen MR) is 130 cm³/mol. The number of halogens is 4. The molecule has 2 aromatic carbocycles. The zero-order valence-corrected chi connectivity index (χ0v) is 20.3. The zero-order valence-electron chi connectivity index (χ0n) is 20.3. The summed E-state index contributed by atoms with van der Waals surface area (Å²) in [6.45, 7) is 5.90. The van der Waals surface area contributed by atoms with Crippen LogP contribution in [-0.2, 0) is 4.74 Å².